The predicted molar refractivity (Wildman–Crippen MR) is 51.7 cm³/mol. The van der Waals surface area contributed by atoms with E-state index in [1.54, 1.807) is 0 Å². The van der Waals surface area contributed by atoms with Gasteiger partial charge in [-0.3, -0.25) is 0 Å². The Morgan fingerprint density at radius 3 is 2.60 bits per heavy atom. The van der Waals surface area contributed by atoms with Crippen molar-refractivity contribution in [3.63, 3.8) is 0 Å². The van der Waals surface area contributed by atoms with Gasteiger partial charge in [-0.1, -0.05) is 11.6 Å². The van der Waals surface area contributed by atoms with Crippen molar-refractivity contribution in [1.82, 2.24) is 0 Å². The maximum atomic E-state index is 13.4. The van der Waals surface area contributed by atoms with Crippen LogP contribution < -0.4 is 5.73 Å². The van der Waals surface area contributed by atoms with Gasteiger partial charge in [0.15, 0.2) is 5.82 Å². The molecule has 0 saturated carbocycles. The minimum Gasteiger partial charge on any atom is -0.507 e. The molecule has 0 aromatic heterocycles. The van der Waals surface area contributed by atoms with Gasteiger partial charge in [-0.15, -0.1) is 0 Å². The van der Waals surface area contributed by atoms with Crippen LogP contribution in [0.25, 0.3) is 0 Å². The standard InChI is InChI=1S/C9H10ClF2NO2/c10-8-4(11)3-6(15)7(9(8)12)5(14)1-2-13/h3,5,14-15H,1-2,13H2. The van der Waals surface area contributed by atoms with Crippen LogP contribution in [0.3, 0.4) is 0 Å². The van der Waals surface area contributed by atoms with Crippen molar-refractivity contribution < 1.29 is 19.0 Å². The van der Waals surface area contributed by atoms with Crippen molar-refractivity contribution in [2.24, 2.45) is 5.73 Å². The van der Waals surface area contributed by atoms with Crippen molar-refractivity contribution in [2.75, 3.05) is 6.54 Å². The van der Waals surface area contributed by atoms with Gasteiger partial charge in [-0.05, 0) is 13.0 Å². The van der Waals surface area contributed by atoms with Crippen molar-refractivity contribution in [3.05, 3.63) is 28.3 Å². The van der Waals surface area contributed by atoms with E-state index >= 15 is 0 Å². The highest BCUT2D eigenvalue weighted by molar-refractivity contribution is 6.31. The zero-order valence-corrected chi connectivity index (χ0v) is 8.43. The van der Waals surface area contributed by atoms with E-state index in [0.29, 0.717) is 6.07 Å². The number of rotatable bonds is 3. The number of aliphatic hydroxyl groups is 1. The number of phenols is 1. The molecule has 1 unspecified atom stereocenters. The Morgan fingerprint density at radius 1 is 1.47 bits per heavy atom. The van der Waals surface area contributed by atoms with E-state index in [0.717, 1.165) is 0 Å². The Bertz CT molecular complexity index is 374. The molecule has 0 aliphatic rings. The second-order valence-electron chi connectivity index (χ2n) is 3.01. The Labute approximate surface area is 90.1 Å². The number of aliphatic hydroxyl groups excluding tert-OH is 1. The van der Waals surface area contributed by atoms with Crippen LogP contribution in [0.1, 0.15) is 18.1 Å². The highest BCUT2D eigenvalue weighted by atomic mass is 35.5. The molecule has 1 aromatic rings. The number of aromatic hydroxyl groups is 1. The molecule has 0 saturated heterocycles. The summed E-state index contributed by atoms with van der Waals surface area (Å²) in [7, 11) is 0. The van der Waals surface area contributed by atoms with Crippen LogP contribution in [0.5, 0.6) is 5.75 Å². The lowest BCUT2D eigenvalue weighted by atomic mass is 10.0. The highest BCUT2D eigenvalue weighted by Gasteiger charge is 2.22. The number of nitrogens with two attached hydrogens (primary N) is 1. The lowest BCUT2D eigenvalue weighted by Gasteiger charge is -2.13. The Kier molecular flexibility index (Phi) is 3.84. The van der Waals surface area contributed by atoms with Crippen LogP contribution in [-0.4, -0.2) is 16.8 Å². The van der Waals surface area contributed by atoms with Gasteiger partial charge in [0.05, 0.1) is 11.7 Å². The summed E-state index contributed by atoms with van der Waals surface area (Å²) in [6.07, 6.45) is -1.25. The van der Waals surface area contributed by atoms with E-state index in [1.807, 2.05) is 0 Å². The monoisotopic (exact) mass is 237 g/mol. The number of halogens is 3. The van der Waals surface area contributed by atoms with E-state index in [1.165, 1.54) is 0 Å². The highest BCUT2D eigenvalue weighted by Crippen LogP contribution is 2.34. The molecule has 0 heterocycles. The van der Waals surface area contributed by atoms with Gasteiger partial charge in [-0.25, -0.2) is 8.78 Å². The Morgan fingerprint density at radius 2 is 2.07 bits per heavy atom. The van der Waals surface area contributed by atoms with Crippen LogP contribution in [0.15, 0.2) is 6.07 Å². The molecule has 0 aliphatic heterocycles. The summed E-state index contributed by atoms with van der Waals surface area (Å²) < 4.78 is 26.2. The maximum Gasteiger partial charge on any atom is 0.154 e. The van der Waals surface area contributed by atoms with Crippen LogP contribution in [0.4, 0.5) is 8.78 Å². The smallest absolute Gasteiger partial charge is 0.154 e. The molecular formula is C9H10ClF2NO2. The van der Waals surface area contributed by atoms with Gasteiger partial charge in [-0.2, -0.15) is 0 Å². The summed E-state index contributed by atoms with van der Waals surface area (Å²) in [6.45, 7) is 0.106. The number of hydrogen-bond donors (Lipinski definition) is 3. The fraction of sp³-hybridized carbons (Fsp3) is 0.333. The Balaban J connectivity index is 3.23. The molecule has 6 heteroatoms. The van der Waals surface area contributed by atoms with E-state index in [4.69, 9.17) is 17.3 Å². The molecule has 3 nitrogen and oxygen atoms in total. The number of hydrogen-bond acceptors (Lipinski definition) is 3. The largest absolute Gasteiger partial charge is 0.507 e. The Hall–Kier alpha value is -0.910. The fourth-order valence-electron chi connectivity index (χ4n) is 1.22. The first kappa shape index (κ1) is 12.2. The molecule has 1 atom stereocenters. The lowest BCUT2D eigenvalue weighted by molar-refractivity contribution is 0.161. The molecule has 0 amide bonds. The summed E-state index contributed by atoms with van der Waals surface area (Å²) in [5.41, 5.74) is 4.74. The van der Waals surface area contributed by atoms with Crippen LogP contribution >= 0.6 is 11.6 Å². The number of benzene rings is 1. The van der Waals surface area contributed by atoms with Gasteiger partial charge in [0, 0.05) is 6.07 Å². The first-order valence-corrected chi connectivity index (χ1v) is 4.61. The predicted octanol–water partition coefficient (Wildman–Crippen LogP) is 1.71. The third-order valence-corrected chi connectivity index (χ3v) is 2.30. The molecule has 0 bridgehead atoms. The van der Waals surface area contributed by atoms with Crippen molar-refractivity contribution in [1.29, 1.82) is 0 Å². The summed E-state index contributed by atoms with van der Waals surface area (Å²) in [5.74, 6) is -2.90. The molecule has 0 radical (unpaired) electrons. The first-order chi connectivity index (χ1) is 6.99. The molecule has 0 aliphatic carbocycles. The third-order valence-electron chi connectivity index (χ3n) is 1.95. The molecule has 4 N–H and O–H groups in total. The van der Waals surface area contributed by atoms with E-state index in [9.17, 15) is 19.0 Å². The topological polar surface area (TPSA) is 66.5 Å². The molecule has 0 fully saturated rings. The summed E-state index contributed by atoms with van der Waals surface area (Å²) >= 11 is 5.30. The third kappa shape index (κ3) is 2.37. The summed E-state index contributed by atoms with van der Waals surface area (Å²) in [4.78, 5) is 0. The van der Waals surface area contributed by atoms with Gasteiger partial charge >= 0.3 is 0 Å². The molecule has 0 spiro atoms. The first-order valence-electron chi connectivity index (χ1n) is 4.23. The molecule has 15 heavy (non-hydrogen) atoms. The lowest BCUT2D eigenvalue weighted by Crippen LogP contribution is -2.09. The van der Waals surface area contributed by atoms with E-state index in [-0.39, 0.29) is 13.0 Å². The van der Waals surface area contributed by atoms with E-state index in [2.05, 4.69) is 0 Å². The van der Waals surface area contributed by atoms with Gasteiger partial charge in [0.2, 0.25) is 0 Å². The SMILES string of the molecule is NCCC(O)c1c(O)cc(F)c(Cl)c1F. The number of phenolic OH excluding ortho intramolecular Hbond substituents is 1. The molecule has 84 valence electrons. The average molecular weight is 238 g/mol. The molecular weight excluding hydrogens is 228 g/mol. The van der Waals surface area contributed by atoms with Gasteiger partial charge < -0.3 is 15.9 Å². The maximum absolute atomic E-state index is 13.4. The zero-order chi connectivity index (χ0) is 11.6. The minimum absolute atomic E-state index is 0.0481. The van der Waals surface area contributed by atoms with Gasteiger partial charge in [0.25, 0.3) is 0 Å². The van der Waals surface area contributed by atoms with Crippen LogP contribution in [-0.2, 0) is 0 Å². The van der Waals surface area contributed by atoms with Crippen molar-refractivity contribution >= 4 is 11.6 Å². The quantitative estimate of drug-likeness (QED) is 0.701. The van der Waals surface area contributed by atoms with Crippen molar-refractivity contribution in [2.45, 2.75) is 12.5 Å². The zero-order valence-electron chi connectivity index (χ0n) is 7.67. The normalized spacial score (nSPS) is 12.9. The van der Waals surface area contributed by atoms with Crippen LogP contribution in [0, 0.1) is 11.6 Å². The van der Waals surface area contributed by atoms with Crippen LogP contribution in [0.2, 0.25) is 5.02 Å². The van der Waals surface area contributed by atoms with E-state index < -0.39 is 34.1 Å². The molecule has 1 rings (SSSR count). The summed E-state index contributed by atoms with van der Waals surface area (Å²) in [6, 6.07) is 0.653. The second kappa shape index (κ2) is 4.74. The van der Waals surface area contributed by atoms with Crippen molar-refractivity contribution in [3.8, 4) is 5.75 Å². The minimum atomic E-state index is -1.30. The second-order valence-corrected chi connectivity index (χ2v) is 3.39. The average Bonchev–Trinajstić information content (AvgIpc) is 2.15. The summed E-state index contributed by atoms with van der Waals surface area (Å²) in [5, 5.41) is 17.9. The fourth-order valence-corrected chi connectivity index (χ4v) is 1.37. The van der Waals surface area contributed by atoms with Gasteiger partial charge in [0.1, 0.15) is 16.6 Å². The molecule has 1 aromatic carbocycles.